The van der Waals surface area contributed by atoms with Gasteiger partial charge in [0.1, 0.15) is 0 Å². The molecule has 1 N–H and O–H groups in total. The van der Waals surface area contributed by atoms with Crippen molar-refractivity contribution in [3.05, 3.63) is 34.8 Å². The molecule has 124 valence electrons. The standard InChI is InChI=1S/C16H22N4O2S/c1-19(7-6-15-5-3-9-23-15)16(21)18-13-10-17-20(11-13)12-14-4-2-8-22-14/h3,5,9-11,14H,2,4,6-8,12H2,1H3,(H,18,21)/t14-/m0/s1. The van der Waals surface area contributed by atoms with Crippen LogP contribution in [0.15, 0.2) is 29.9 Å². The number of carbonyl (C=O) groups excluding carboxylic acids is 1. The van der Waals surface area contributed by atoms with Crippen molar-refractivity contribution >= 4 is 23.1 Å². The summed E-state index contributed by atoms with van der Waals surface area (Å²) in [4.78, 5) is 15.2. The zero-order chi connectivity index (χ0) is 16.1. The summed E-state index contributed by atoms with van der Waals surface area (Å²) in [5.74, 6) is 0. The summed E-state index contributed by atoms with van der Waals surface area (Å²) in [6.45, 7) is 2.27. The third-order valence-corrected chi connectivity index (χ3v) is 4.86. The monoisotopic (exact) mass is 334 g/mol. The van der Waals surface area contributed by atoms with Gasteiger partial charge in [0.05, 0.1) is 24.5 Å². The van der Waals surface area contributed by atoms with Crippen LogP contribution in [0.5, 0.6) is 0 Å². The molecule has 1 atom stereocenters. The van der Waals surface area contributed by atoms with E-state index in [0.717, 1.165) is 38.1 Å². The number of likely N-dealkylation sites (N-methyl/N-ethyl adjacent to an activating group) is 1. The highest BCUT2D eigenvalue weighted by atomic mass is 32.1. The lowest BCUT2D eigenvalue weighted by atomic mass is 10.2. The molecule has 6 nitrogen and oxygen atoms in total. The van der Waals surface area contributed by atoms with E-state index in [0.29, 0.717) is 6.54 Å². The van der Waals surface area contributed by atoms with Crippen LogP contribution in [0.2, 0.25) is 0 Å². The molecule has 1 aliphatic heterocycles. The van der Waals surface area contributed by atoms with Gasteiger partial charge in [0.15, 0.2) is 0 Å². The molecule has 0 saturated carbocycles. The van der Waals surface area contributed by atoms with Gasteiger partial charge >= 0.3 is 6.03 Å². The first-order valence-electron chi connectivity index (χ1n) is 7.89. The second kappa shape index (κ2) is 7.61. The van der Waals surface area contributed by atoms with Crippen molar-refractivity contribution in [2.45, 2.75) is 31.9 Å². The summed E-state index contributed by atoms with van der Waals surface area (Å²) in [7, 11) is 1.81. The van der Waals surface area contributed by atoms with Crippen LogP contribution in [0.4, 0.5) is 10.5 Å². The molecular formula is C16H22N4O2S. The maximum atomic E-state index is 12.2. The van der Waals surface area contributed by atoms with Gasteiger partial charge in [-0.1, -0.05) is 6.07 Å². The highest BCUT2D eigenvalue weighted by molar-refractivity contribution is 7.09. The zero-order valence-corrected chi connectivity index (χ0v) is 14.1. The van der Waals surface area contributed by atoms with Gasteiger partial charge in [0.2, 0.25) is 0 Å². The Balaban J connectivity index is 1.46. The predicted molar refractivity (Wildman–Crippen MR) is 90.9 cm³/mol. The second-order valence-electron chi connectivity index (χ2n) is 5.77. The lowest BCUT2D eigenvalue weighted by Crippen LogP contribution is -2.32. The molecule has 1 aliphatic rings. The second-order valence-corrected chi connectivity index (χ2v) is 6.80. The first-order chi connectivity index (χ1) is 11.2. The van der Waals surface area contributed by atoms with Crippen LogP contribution >= 0.6 is 11.3 Å². The van der Waals surface area contributed by atoms with E-state index < -0.39 is 0 Å². The number of carbonyl (C=O) groups is 1. The smallest absolute Gasteiger partial charge is 0.321 e. The molecule has 2 aromatic heterocycles. The molecule has 0 aromatic carbocycles. The van der Waals surface area contributed by atoms with Crippen molar-refractivity contribution in [3.8, 4) is 0 Å². The Morgan fingerprint density at radius 1 is 1.61 bits per heavy atom. The predicted octanol–water partition coefficient (Wildman–Crippen LogP) is 2.83. The Hall–Kier alpha value is -1.86. The molecule has 0 spiro atoms. The fourth-order valence-corrected chi connectivity index (χ4v) is 3.28. The fourth-order valence-electron chi connectivity index (χ4n) is 2.58. The fraction of sp³-hybridized carbons (Fsp3) is 0.500. The van der Waals surface area contributed by atoms with Crippen molar-refractivity contribution < 1.29 is 9.53 Å². The molecule has 0 radical (unpaired) electrons. The molecular weight excluding hydrogens is 312 g/mol. The molecule has 2 aromatic rings. The third-order valence-electron chi connectivity index (χ3n) is 3.92. The van der Waals surface area contributed by atoms with Crippen LogP contribution in [-0.2, 0) is 17.7 Å². The number of hydrogen-bond acceptors (Lipinski definition) is 4. The Kier molecular flexibility index (Phi) is 5.30. The van der Waals surface area contributed by atoms with Crippen LogP contribution in [0.3, 0.4) is 0 Å². The SMILES string of the molecule is CN(CCc1cccs1)C(=O)Nc1cnn(C[C@@H]2CCCO2)c1. The van der Waals surface area contributed by atoms with Gasteiger partial charge in [-0.3, -0.25) is 4.68 Å². The van der Waals surface area contributed by atoms with Gasteiger partial charge in [-0.25, -0.2) is 4.79 Å². The summed E-state index contributed by atoms with van der Waals surface area (Å²) in [5.41, 5.74) is 0.718. The number of anilines is 1. The summed E-state index contributed by atoms with van der Waals surface area (Å²) in [6.07, 6.45) is 6.84. The molecule has 0 unspecified atom stereocenters. The van der Waals surface area contributed by atoms with Crippen LogP contribution in [0.1, 0.15) is 17.7 Å². The molecule has 0 bridgehead atoms. The number of rotatable bonds is 6. The van der Waals surface area contributed by atoms with Crippen molar-refractivity contribution in [1.82, 2.24) is 14.7 Å². The highest BCUT2D eigenvalue weighted by Crippen LogP contribution is 2.15. The number of ether oxygens (including phenoxy) is 1. The topological polar surface area (TPSA) is 59.4 Å². The average molecular weight is 334 g/mol. The summed E-state index contributed by atoms with van der Waals surface area (Å²) < 4.78 is 7.43. The lowest BCUT2D eigenvalue weighted by Gasteiger charge is -2.16. The normalized spacial score (nSPS) is 17.3. The van der Waals surface area contributed by atoms with E-state index in [1.165, 1.54) is 4.88 Å². The molecule has 2 amide bonds. The lowest BCUT2D eigenvalue weighted by molar-refractivity contribution is 0.0940. The minimum Gasteiger partial charge on any atom is -0.376 e. The van der Waals surface area contributed by atoms with Gasteiger partial charge in [-0.05, 0) is 30.7 Å². The van der Waals surface area contributed by atoms with E-state index in [1.54, 1.807) is 29.5 Å². The summed E-state index contributed by atoms with van der Waals surface area (Å²) >= 11 is 1.72. The maximum Gasteiger partial charge on any atom is 0.321 e. The number of nitrogens with one attached hydrogen (secondary N) is 1. The number of thiophene rings is 1. The van der Waals surface area contributed by atoms with Crippen LogP contribution in [0.25, 0.3) is 0 Å². The minimum atomic E-state index is -0.113. The van der Waals surface area contributed by atoms with Gasteiger partial charge in [-0.2, -0.15) is 5.10 Å². The van der Waals surface area contributed by atoms with E-state index in [-0.39, 0.29) is 12.1 Å². The molecule has 3 rings (SSSR count). The Morgan fingerprint density at radius 2 is 2.52 bits per heavy atom. The van der Waals surface area contributed by atoms with Crippen LogP contribution < -0.4 is 5.32 Å². The molecule has 0 aliphatic carbocycles. The molecule has 3 heterocycles. The van der Waals surface area contributed by atoms with Gasteiger partial charge in [0.25, 0.3) is 0 Å². The Labute approximate surface area is 140 Å². The number of aromatic nitrogens is 2. The average Bonchev–Trinajstić information content (AvgIpc) is 3.28. The van der Waals surface area contributed by atoms with E-state index in [4.69, 9.17) is 4.74 Å². The molecule has 1 fully saturated rings. The van der Waals surface area contributed by atoms with Gasteiger partial charge < -0.3 is 15.0 Å². The maximum absolute atomic E-state index is 12.2. The van der Waals surface area contributed by atoms with Crippen molar-refractivity contribution in [2.75, 3.05) is 25.5 Å². The first kappa shape index (κ1) is 16.0. The van der Waals surface area contributed by atoms with Crippen molar-refractivity contribution in [3.63, 3.8) is 0 Å². The molecule has 1 saturated heterocycles. The minimum absolute atomic E-state index is 0.113. The van der Waals surface area contributed by atoms with Gasteiger partial charge in [0, 0.05) is 31.3 Å². The van der Waals surface area contributed by atoms with Crippen molar-refractivity contribution in [1.29, 1.82) is 0 Å². The highest BCUT2D eigenvalue weighted by Gasteiger charge is 2.17. The van der Waals surface area contributed by atoms with Gasteiger partial charge in [-0.15, -0.1) is 11.3 Å². The number of urea groups is 1. The third kappa shape index (κ3) is 4.56. The van der Waals surface area contributed by atoms with Crippen molar-refractivity contribution in [2.24, 2.45) is 0 Å². The number of amides is 2. The van der Waals surface area contributed by atoms with E-state index >= 15 is 0 Å². The molecule has 23 heavy (non-hydrogen) atoms. The Bertz CT molecular complexity index is 620. The van der Waals surface area contributed by atoms with Crippen LogP contribution in [0, 0.1) is 0 Å². The summed E-state index contributed by atoms with van der Waals surface area (Å²) in [5, 5.41) is 9.22. The van der Waals surface area contributed by atoms with Crippen LogP contribution in [-0.4, -0.2) is 47.0 Å². The number of nitrogens with zero attached hydrogens (tertiary/aromatic N) is 3. The molecule has 7 heteroatoms. The summed E-state index contributed by atoms with van der Waals surface area (Å²) in [6, 6.07) is 4.01. The van der Waals surface area contributed by atoms with E-state index in [2.05, 4.69) is 21.9 Å². The first-order valence-corrected chi connectivity index (χ1v) is 8.77. The quantitative estimate of drug-likeness (QED) is 0.884. The zero-order valence-electron chi connectivity index (χ0n) is 13.3. The van der Waals surface area contributed by atoms with E-state index in [1.807, 2.05) is 16.9 Å². The Morgan fingerprint density at radius 3 is 3.26 bits per heavy atom. The largest absolute Gasteiger partial charge is 0.376 e. The number of hydrogen-bond donors (Lipinski definition) is 1. The van der Waals surface area contributed by atoms with E-state index in [9.17, 15) is 4.79 Å².